The van der Waals surface area contributed by atoms with Crippen LogP contribution in [0.15, 0.2) is 0 Å². The standard InChI is InChI=1S/C12H26N2O/c1-3-8-15-9-6-13-10-12-5-7-14(4-2)11-12/h12-13H,3-11H2,1-2H3. The van der Waals surface area contributed by atoms with Crippen LogP contribution in [0.3, 0.4) is 0 Å². The SMILES string of the molecule is CCCOCCNCC1CCN(CC)C1. The van der Waals surface area contributed by atoms with Crippen molar-refractivity contribution < 1.29 is 4.74 Å². The summed E-state index contributed by atoms with van der Waals surface area (Å²) in [6, 6.07) is 0. The van der Waals surface area contributed by atoms with Gasteiger partial charge >= 0.3 is 0 Å². The molecule has 1 rings (SSSR count). The summed E-state index contributed by atoms with van der Waals surface area (Å²) < 4.78 is 5.42. The molecular weight excluding hydrogens is 188 g/mol. The summed E-state index contributed by atoms with van der Waals surface area (Å²) in [5, 5.41) is 3.48. The van der Waals surface area contributed by atoms with Gasteiger partial charge in [-0.1, -0.05) is 13.8 Å². The van der Waals surface area contributed by atoms with Crippen molar-refractivity contribution in [2.24, 2.45) is 5.92 Å². The Kier molecular flexibility index (Phi) is 6.98. The van der Waals surface area contributed by atoms with Crippen LogP contribution in [0.25, 0.3) is 0 Å². The molecule has 1 aliphatic heterocycles. The number of hydrogen-bond donors (Lipinski definition) is 1. The number of likely N-dealkylation sites (tertiary alicyclic amines) is 1. The largest absolute Gasteiger partial charge is 0.380 e. The molecule has 90 valence electrons. The predicted octanol–water partition coefficient (Wildman–Crippen LogP) is 1.34. The average molecular weight is 214 g/mol. The Morgan fingerprint density at radius 3 is 2.87 bits per heavy atom. The second kappa shape index (κ2) is 8.08. The van der Waals surface area contributed by atoms with Crippen LogP contribution in [0.4, 0.5) is 0 Å². The molecule has 1 aliphatic rings. The van der Waals surface area contributed by atoms with Crippen LogP contribution < -0.4 is 5.32 Å². The molecule has 0 aromatic heterocycles. The molecular formula is C12H26N2O. The Hall–Kier alpha value is -0.120. The number of nitrogens with zero attached hydrogens (tertiary/aromatic N) is 1. The van der Waals surface area contributed by atoms with Gasteiger partial charge in [-0.2, -0.15) is 0 Å². The maximum Gasteiger partial charge on any atom is 0.0590 e. The van der Waals surface area contributed by atoms with Gasteiger partial charge in [-0.05, 0) is 38.4 Å². The molecule has 0 radical (unpaired) electrons. The molecule has 0 aromatic carbocycles. The monoisotopic (exact) mass is 214 g/mol. The Balaban J connectivity index is 1.88. The van der Waals surface area contributed by atoms with Crippen LogP contribution in [0, 0.1) is 5.92 Å². The zero-order valence-electron chi connectivity index (χ0n) is 10.3. The highest BCUT2D eigenvalue weighted by molar-refractivity contribution is 4.75. The first-order valence-electron chi connectivity index (χ1n) is 6.37. The van der Waals surface area contributed by atoms with Crippen molar-refractivity contribution in [1.82, 2.24) is 10.2 Å². The lowest BCUT2D eigenvalue weighted by molar-refractivity contribution is 0.136. The van der Waals surface area contributed by atoms with Crippen LogP contribution in [0.2, 0.25) is 0 Å². The highest BCUT2D eigenvalue weighted by atomic mass is 16.5. The topological polar surface area (TPSA) is 24.5 Å². The van der Waals surface area contributed by atoms with Gasteiger partial charge in [0.2, 0.25) is 0 Å². The minimum atomic E-state index is 0.858. The van der Waals surface area contributed by atoms with Gasteiger partial charge in [0.15, 0.2) is 0 Å². The van der Waals surface area contributed by atoms with Crippen LogP contribution in [-0.4, -0.2) is 50.8 Å². The van der Waals surface area contributed by atoms with E-state index in [-0.39, 0.29) is 0 Å². The molecule has 15 heavy (non-hydrogen) atoms. The molecule has 1 heterocycles. The van der Waals surface area contributed by atoms with Crippen molar-refractivity contribution in [1.29, 1.82) is 0 Å². The third kappa shape index (κ3) is 5.50. The summed E-state index contributed by atoms with van der Waals surface area (Å²) in [7, 11) is 0. The molecule has 1 atom stereocenters. The number of rotatable bonds is 8. The van der Waals surface area contributed by atoms with Gasteiger partial charge < -0.3 is 15.0 Å². The number of nitrogens with one attached hydrogen (secondary N) is 1. The molecule has 1 N–H and O–H groups in total. The van der Waals surface area contributed by atoms with Crippen molar-refractivity contribution in [3.63, 3.8) is 0 Å². The predicted molar refractivity (Wildman–Crippen MR) is 64.2 cm³/mol. The molecule has 1 fully saturated rings. The maximum absolute atomic E-state index is 5.42. The van der Waals surface area contributed by atoms with E-state index in [9.17, 15) is 0 Å². The minimum Gasteiger partial charge on any atom is -0.380 e. The Morgan fingerprint density at radius 2 is 2.20 bits per heavy atom. The molecule has 3 nitrogen and oxygen atoms in total. The lowest BCUT2D eigenvalue weighted by Gasteiger charge is -2.13. The van der Waals surface area contributed by atoms with E-state index < -0.39 is 0 Å². The molecule has 0 amide bonds. The summed E-state index contributed by atoms with van der Waals surface area (Å²) in [5.74, 6) is 0.858. The van der Waals surface area contributed by atoms with Crippen LogP contribution in [0.1, 0.15) is 26.7 Å². The first-order valence-corrected chi connectivity index (χ1v) is 6.37. The summed E-state index contributed by atoms with van der Waals surface area (Å²) in [6.07, 6.45) is 2.48. The minimum absolute atomic E-state index is 0.858. The average Bonchev–Trinajstić information content (AvgIpc) is 2.71. The van der Waals surface area contributed by atoms with E-state index in [2.05, 4.69) is 24.1 Å². The van der Waals surface area contributed by atoms with E-state index >= 15 is 0 Å². The van der Waals surface area contributed by atoms with E-state index in [0.717, 1.165) is 38.6 Å². The lowest BCUT2D eigenvalue weighted by Crippen LogP contribution is -2.28. The fraction of sp³-hybridized carbons (Fsp3) is 1.00. The van der Waals surface area contributed by atoms with Gasteiger partial charge in [0.25, 0.3) is 0 Å². The summed E-state index contributed by atoms with van der Waals surface area (Å²) in [6.45, 7) is 12.1. The zero-order valence-corrected chi connectivity index (χ0v) is 10.3. The molecule has 0 aromatic rings. The first-order chi connectivity index (χ1) is 7.36. The van der Waals surface area contributed by atoms with Gasteiger partial charge in [-0.15, -0.1) is 0 Å². The van der Waals surface area contributed by atoms with Gasteiger partial charge in [-0.3, -0.25) is 0 Å². The van der Waals surface area contributed by atoms with E-state index in [1.54, 1.807) is 0 Å². The van der Waals surface area contributed by atoms with Crippen molar-refractivity contribution in [2.45, 2.75) is 26.7 Å². The van der Waals surface area contributed by atoms with E-state index in [1.807, 2.05) is 0 Å². The molecule has 0 bridgehead atoms. The zero-order chi connectivity index (χ0) is 10.9. The molecule has 0 saturated carbocycles. The van der Waals surface area contributed by atoms with Crippen LogP contribution in [-0.2, 0) is 4.74 Å². The number of ether oxygens (including phenoxy) is 1. The maximum atomic E-state index is 5.42. The van der Waals surface area contributed by atoms with Gasteiger partial charge in [0, 0.05) is 19.7 Å². The smallest absolute Gasteiger partial charge is 0.0590 e. The fourth-order valence-corrected chi connectivity index (χ4v) is 2.06. The second-order valence-corrected chi connectivity index (χ2v) is 4.36. The molecule has 3 heteroatoms. The highest BCUT2D eigenvalue weighted by Gasteiger charge is 2.20. The highest BCUT2D eigenvalue weighted by Crippen LogP contribution is 2.14. The van der Waals surface area contributed by atoms with Crippen LogP contribution in [0.5, 0.6) is 0 Å². The second-order valence-electron chi connectivity index (χ2n) is 4.36. The van der Waals surface area contributed by atoms with Gasteiger partial charge in [0.05, 0.1) is 6.61 Å². The van der Waals surface area contributed by atoms with Crippen molar-refractivity contribution >= 4 is 0 Å². The van der Waals surface area contributed by atoms with Crippen molar-refractivity contribution in [2.75, 3.05) is 45.9 Å². The molecule has 0 aliphatic carbocycles. The van der Waals surface area contributed by atoms with E-state index in [1.165, 1.54) is 26.1 Å². The number of hydrogen-bond acceptors (Lipinski definition) is 3. The quantitative estimate of drug-likeness (QED) is 0.617. The fourth-order valence-electron chi connectivity index (χ4n) is 2.06. The Morgan fingerprint density at radius 1 is 1.33 bits per heavy atom. The van der Waals surface area contributed by atoms with Crippen LogP contribution >= 0.6 is 0 Å². The third-order valence-electron chi connectivity index (χ3n) is 3.02. The van der Waals surface area contributed by atoms with E-state index in [4.69, 9.17) is 4.74 Å². The van der Waals surface area contributed by atoms with Gasteiger partial charge in [-0.25, -0.2) is 0 Å². The molecule has 1 saturated heterocycles. The summed E-state index contributed by atoms with van der Waals surface area (Å²) in [4.78, 5) is 2.53. The first kappa shape index (κ1) is 12.9. The molecule has 1 unspecified atom stereocenters. The van der Waals surface area contributed by atoms with Gasteiger partial charge in [0.1, 0.15) is 0 Å². The lowest BCUT2D eigenvalue weighted by atomic mass is 10.1. The normalized spacial score (nSPS) is 22.4. The third-order valence-corrected chi connectivity index (χ3v) is 3.02. The van der Waals surface area contributed by atoms with Crippen molar-refractivity contribution in [3.8, 4) is 0 Å². The Labute approximate surface area is 94.2 Å². The Bertz CT molecular complexity index is 153. The van der Waals surface area contributed by atoms with E-state index in [0.29, 0.717) is 0 Å². The summed E-state index contributed by atoms with van der Waals surface area (Å²) >= 11 is 0. The molecule has 0 spiro atoms. The summed E-state index contributed by atoms with van der Waals surface area (Å²) in [5.41, 5.74) is 0. The van der Waals surface area contributed by atoms with Crippen molar-refractivity contribution in [3.05, 3.63) is 0 Å².